The number of carbonyl (C=O) groups is 1. The summed E-state index contributed by atoms with van der Waals surface area (Å²) in [6.45, 7) is 1.88. The van der Waals surface area contributed by atoms with Gasteiger partial charge in [0.2, 0.25) is 0 Å². The van der Waals surface area contributed by atoms with Gasteiger partial charge < -0.3 is 5.11 Å². The van der Waals surface area contributed by atoms with Gasteiger partial charge in [0.25, 0.3) is 5.91 Å². The number of amides is 1. The molecule has 0 aromatic heterocycles. The molecule has 0 bridgehead atoms. The molecule has 92 valence electrons. The molecule has 1 aromatic rings. The maximum absolute atomic E-state index is 11.9. The maximum Gasteiger partial charge on any atom is 0.277 e. The zero-order valence-electron chi connectivity index (χ0n) is 10.3. The molecule has 1 amide bonds. The van der Waals surface area contributed by atoms with E-state index in [1.165, 1.54) is 4.90 Å². The van der Waals surface area contributed by atoms with Crippen molar-refractivity contribution in [3.8, 4) is 5.75 Å². The van der Waals surface area contributed by atoms with Crippen LogP contribution in [0.5, 0.6) is 5.75 Å². The van der Waals surface area contributed by atoms with Gasteiger partial charge in [-0.05, 0) is 36.8 Å². The summed E-state index contributed by atoms with van der Waals surface area (Å²) in [6.07, 6.45) is 5.33. The van der Waals surface area contributed by atoms with Gasteiger partial charge in [0.15, 0.2) is 0 Å². The second-order valence-corrected chi connectivity index (χ2v) is 3.96. The van der Waals surface area contributed by atoms with Crippen LogP contribution in [-0.4, -0.2) is 28.8 Å². The SMILES string of the molecule is C/C=C\C1=NC(=C/c2ccc(O)cc2)/C(=O)N1C. The van der Waals surface area contributed by atoms with E-state index in [-0.39, 0.29) is 11.7 Å². The van der Waals surface area contributed by atoms with Gasteiger partial charge >= 0.3 is 0 Å². The molecule has 0 unspecified atom stereocenters. The number of amidine groups is 1. The van der Waals surface area contributed by atoms with Crippen LogP contribution in [0.2, 0.25) is 0 Å². The van der Waals surface area contributed by atoms with E-state index in [0.717, 1.165) is 5.56 Å². The standard InChI is InChI=1S/C14H14N2O2/c1-3-4-13-15-12(14(18)16(13)2)9-10-5-7-11(17)8-6-10/h3-9,17H,1-2H3/b4-3-,12-9+. The summed E-state index contributed by atoms with van der Waals surface area (Å²) < 4.78 is 0. The Hall–Kier alpha value is -2.36. The number of aliphatic imine (C=N–C) groups is 1. The Labute approximate surface area is 106 Å². The summed E-state index contributed by atoms with van der Waals surface area (Å²) in [7, 11) is 1.69. The maximum atomic E-state index is 11.9. The number of hydrogen-bond acceptors (Lipinski definition) is 3. The summed E-state index contributed by atoms with van der Waals surface area (Å²) >= 11 is 0. The molecule has 4 nitrogen and oxygen atoms in total. The molecule has 0 saturated heterocycles. The highest BCUT2D eigenvalue weighted by Crippen LogP contribution is 2.18. The predicted octanol–water partition coefficient (Wildman–Crippen LogP) is 2.18. The molecule has 0 aliphatic carbocycles. The van der Waals surface area contributed by atoms with E-state index in [9.17, 15) is 9.90 Å². The summed E-state index contributed by atoms with van der Waals surface area (Å²) in [5, 5.41) is 9.19. The molecule has 4 heteroatoms. The highest BCUT2D eigenvalue weighted by atomic mass is 16.3. The van der Waals surface area contributed by atoms with Crippen LogP contribution in [0.3, 0.4) is 0 Å². The number of hydrogen-bond donors (Lipinski definition) is 1. The Kier molecular flexibility index (Phi) is 3.28. The van der Waals surface area contributed by atoms with Crippen molar-refractivity contribution in [2.75, 3.05) is 7.05 Å². The quantitative estimate of drug-likeness (QED) is 0.808. The number of likely N-dealkylation sites (N-methyl/N-ethyl adjacent to an activating group) is 1. The number of allylic oxidation sites excluding steroid dienone is 1. The molecule has 1 aliphatic rings. The van der Waals surface area contributed by atoms with E-state index in [2.05, 4.69) is 4.99 Å². The van der Waals surface area contributed by atoms with Crippen molar-refractivity contribution in [2.24, 2.45) is 4.99 Å². The Morgan fingerprint density at radius 2 is 1.94 bits per heavy atom. The van der Waals surface area contributed by atoms with Gasteiger partial charge in [-0.15, -0.1) is 0 Å². The molecular weight excluding hydrogens is 228 g/mol. The highest BCUT2D eigenvalue weighted by Gasteiger charge is 2.24. The van der Waals surface area contributed by atoms with Crippen molar-refractivity contribution in [3.05, 3.63) is 47.7 Å². The average Bonchev–Trinajstić information content (AvgIpc) is 2.61. The first kappa shape index (κ1) is 12.1. The van der Waals surface area contributed by atoms with Crippen LogP contribution in [0.1, 0.15) is 12.5 Å². The van der Waals surface area contributed by atoms with Crippen molar-refractivity contribution in [1.29, 1.82) is 0 Å². The summed E-state index contributed by atoms with van der Waals surface area (Å²) in [5.41, 5.74) is 1.23. The van der Waals surface area contributed by atoms with E-state index in [0.29, 0.717) is 11.5 Å². The van der Waals surface area contributed by atoms with Crippen LogP contribution in [0.25, 0.3) is 6.08 Å². The number of phenols is 1. The smallest absolute Gasteiger partial charge is 0.277 e. The van der Waals surface area contributed by atoms with Crippen LogP contribution in [0.15, 0.2) is 47.1 Å². The van der Waals surface area contributed by atoms with Gasteiger partial charge in [0.1, 0.15) is 17.3 Å². The minimum Gasteiger partial charge on any atom is -0.508 e. The predicted molar refractivity (Wildman–Crippen MR) is 71.1 cm³/mol. The third kappa shape index (κ3) is 2.32. The number of benzene rings is 1. The minimum absolute atomic E-state index is 0.129. The van der Waals surface area contributed by atoms with Crippen LogP contribution < -0.4 is 0 Å². The lowest BCUT2D eigenvalue weighted by Crippen LogP contribution is -2.26. The first-order chi connectivity index (χ1) is 8.61. The Morgan fingerprint density at radius 3 is 2.56 bits per heavy atom. The number of carbonyl (C=O) groups excluding carboxylic acids is 1. The van der Waals surface area contributed by atoms with Crippen LogP contribution in [0.4, 0.5) is 0 Å². The van der Waals surface area contributed by atoms with Crippen LogP contribution in [0, 0.1) is 0 Å². The topological polar surface area (TPSA) is 52.9 Å². The van der Waals surface area contributed by atoms with E-state index < -0.39 is 0 Å². The molecule has 0 radical (unpaired) electrons. The van der Waals surface area contributed by atoms with Gasteiger partial charge in [0, 0.05) is 7.05 Å². The van der Waals surface area contributed by atoms with Gasteiger partial charge in [-0.3, -0.25) is 9.69 Å². The molecule has 0 spiro atoms. The molecule has 0 atom stereocenters. The molecule has 2 rings (SSSR count). The number of phenolic OH excluding ortho intramolecular Hbond substituents is 1. The fraction of sp³-hybridized carbons (Fsp3) is 0.143. The van der Waals surface area contributed by atoms with Crippen molar-refractivity contribution >= 4 is 17.8 Å². The Balaban J connectivity index is 2.33. The summed E-state index contributed by atoms with van der Waals surface area (Å²) in [6, 6.07) is 6.62. The first-order valence-electron chi connectivity index (χ1n) is 5.62. The molecule has 18 heavy (non-hydrogen) atoms. The molecule has 1 heterocycles. The second-order valence-electron chi connectivity index (χ2n) is 3.96. The van der Waals surface area contributed by atoms with E-state index in [1.54, 1.807) is 43.5 Å². The van der Waals surface area contributed by atoms with E-state index in [1.807, 2.05) is 13.0 Å². The van der Waals surface area contributed by atoms with Crippen molar-refractivity contribution < 1.29 is 9.90 Å². The van der Waals surface area contributed by atoms with Gasteiger partial charge in [-0.1, -0.05) is 18.2 Å². The molecule has 0 saturated carbocycles. The number of rotatable bonds is 2. The lowest BCUT2D eigenvalue weighted by atomic mass is 10.2. The van der Waals surface area contributed by atoms with Gasteiger partial charge in [0.05, 0.1) is 0 Å². The van der Waals surface area contributed by atoms with Crippen molar-refractivity contribution in [2.45, 2.75) is 6.92 Å². The largest absolute Gasteiger partial charge is 0.508 e. The summed E-state index contributed by atoms with van der Waals surface area (Å²) in [4.78, 5) is 17.7. The van der Waals surface area contributed by atoms with Crippen LogP contribution in [-0.2, 0) is 4.79 Å². The lowest BCUT2D eigenvalue weighted by molar-refractivity contribution is -0.121. The minimum atomic E-state index is -0.129. The first-order valence-corrected chi connectivity index (χ1v) is 5.62. The van der Waals surface area contributed by atoms with E-state index in [4.69, 9.17) is 0 Å². The normalized spacial score (nSPS) is 17.9. The van der Waals surface area contributed by atoms with Gasteiger partial charge in [-0.2, -0.15) is 0 Å². The molecule has 1 aliphatic heterocycles. The second kappa shape index (κ2) is 4.87. The van der Waals surface area contributed by atoms with E-state index >= 15 is 0 Å². The average molecular weight is 242 g/mol. The third-order valence-electron chi connectivity index (χ3n) is 2.61. The molecule has 1 N–H and O–H groups in total. The number of nitrogens with zero attached hydrogens (tertiary/aromatic N) is 2. The van der Waals surface area contributed by atoms with Gasteiger partial charge in [-0.25, -0.2) is 4.99 Å². The molecule has 0 fully saturated rings. The zero-order chi connectivity index (χ0) is 13.1. The molecule has 1 aromatic carbocycles. The fourth-order valence-electron chi connectivity index (χ4n) is 1.64. The fourth-order valence-corrected chi connectivity index (χ4v) is 1.64. The monoisotopic (exact) mass is 242 g/mol. The highest BCUT2D eigenvalue weighted by molar-refractivity contribution is 6.17. The zero-order valence-corrected chi connectivity index (χ0v) is 10.3. The summed E-state index contributed by atoms with van der Waals surface area (Å²) in [5.74, 6) is 0.703. The third-order valence-corrected chi connectivity index (χ3v) is 2.61. The lowest BCUT2D eigenvalue weighted by Gasteiger charge is -2.06. The molecular formula is C14H14N2O2. The Bertz CT molecular complexity index is 554. The van der Waals surface area contributed by atoms with Crippen molar-refractivity contribution in [1.82, 2.24) is 4.90 Å². The van der Waals surface area contributed by atoms with Crippen molar-refractivity contribution in [3.63, 3.8) is 0 Å². The Morgan fingerprint density at radius 1 is 1.28 bits per heavy atom. The number of aromatic hydroxyl groups is 1. The van der Waals surface area contributed by atoms with Crippen LogP contribution >= 0.6 is 0 Å².